The van der Waals surface area contributed by atoms with Crippen LogP contribution in [0.1, 0.15) is 31.2 Å². The maximum absolute atomic E-state index is 11.1. The molecule has 0 spiro atoms. The highest BCUT2D eigenvalue weighted by Gasteiger charge is 2.20. The Kier molecular flexibility index (Phi) is 5.14. The van der Waals surface area contributed by atoms with Crippen molar-refractivity contribution in [3.63, 3.8) is 0 Å². The average molecular weight is 271 g/mol. The molecule has 1 fully saturated rings. The summed E-state index contributed by atoms with van der Waals surface area (Å²) in [4.78, 5) is 16.9. The molecular weight excluding hydrogens is 250 g/mol. The van der Waals surface area contributed by atoms with Crippen molar-refractivity contribution in [2.45, 2.75) is 25.7 Å². The predicted octanol–water partition coefficient (Wildman–Crippen LogP) is 2.74. The van der Waals surface area contributed by atoms with E-state index in [4.69, 9.17) is 6.57 Å². The summed E-state index contributed by atoms with van der Waals surface area (Å²) in [5.41, 5.74) is 2.19. The van der Waals surface area contributed by atoms with Crippen LogP contribution in [0, 0.1) is 6.57 Å². The van der Waals surface area contributed by atoms with Crippen LogP contribution in [0.3, 0.4) is 0 Å². The molecule has 1 N–H and O–H groups in total. The monoisotopic (exact) mass is 271 g/mol. The Hall–Kier alpha value is -1.86. The van der Waals surface area contributed by atoms with E-state index in [0.29, 0.717) is 12.5 Å². The maximum Gasteiger partial charge on any atom is 0.227 e. The zero-order valence-corrected chi connectivity index (χ0v) is 11.9. The molecule has 0 bridgehead atoms. The van der Waals surface area contributed by atoms with E-state index in [1.165, 1.54) is 12.5 Å². The first-order valence-corrected chi connectivity index (χ1v) is 7.12. The van der Waals surface area contributed by atoms with Crippen LogP contribution in [0.4, 0.5) is 5.69 Å². The lowest BCUT2D eigenvalue weighted by molar-refractivity contribution is -0.114. The molecule has 0 unspecified atom stereocenters. The minimum absolute atomic E-state index is 0.0314. The average Bonchev–Trinajstić information content (AvgIpc) is 2.45. The number of amides is 1. The number of likely N-dealkylation sites (tertiary alicyclic amines) is 1. The highest BCUT2D eigenvalue weighted by Crippen LogP contribution is 2.29. The molecule has 0 radical (unpaired) electrons. The van der Waals surface area contributed by atoms with Gasteiger partial charge in [0.15, 0.2) is 0 Å². The SMILES string of the molecule is [C-]#[N+]CCN1CCC(c2cccc(NC(C)=O)c2)CC1. The van der Waals surface area contributed by atoms with Crippen molar-refractivity contribution >= 4 is 11.6 Å². The normalized spacial score (nSPS) is 16.6. The predicted molar refractivity (Wildman–Crippen MR) is 80.6 cm³/mol. The highest BCUT2D eigenvalue weighted by molar-refractivity contribution is 5.88. The molecule has 1 aliphatic rings. The van der Waals surface area contributed by atoms with Gasteiger partial charge in [0.1, 0.15) is 0 Å². The standard InChI is InChI=1S/C16H21N3O/c1-13(20)18-16-5-3-4-15(12-16)14-6-9-19(10-7-14)11-8-17-2/h3-5,12,14H,6-11H2,1H3,(H,18,20). The number of rotatable bonds is 4. The Balaban J connectivity index is 1.93. The molecule has 0 saturated carbocycles. The molecule has 1 amide bonds. The number of hydrogen-bond acceptors (Lipinski definition) is 2. The van der Waals surface area contributed by atoms with Crippen molar-refractivity contribution in [2.24, 2.45) is 0 Å². The molecule has 0 aliphatic carbocycles. The summed E-state index contributed by atoms with van der Waals surface area (Å²) in [7, 11) is 0. The highest BCUT2D eigenvalue weighted by atomic mass is 16.1. The zero-order chi connectivity index (χ0) is 14.4. The smallest absolute Gasteiger partial charge is 0.227 e. The van der Waals surface area contributed by atoms with Gasteiger partial charge in [0, 0.05) is 12.6 Å². The van der Waals surface area contributed by atoms with Gasteiger partial charge in [-0.1, -0.05) is 12.1 Å². The van der Waals surface area contributed by atoms with Crippen molar-refractivity contribution in [1.82, 2.24) is 4.90 Å². The zero-order valence-electron chi connectivity index (χ0n) is 11.9. The molecule has 4 heteroatoms. The second-order valence-electron chi connectivity index (χ2n) is 5.30. The van der Waals surface area contributed by atoms with E-state index in [2.05, 4.69) is 27.2 Å². The largest absolute Gasteiger partial charge is 0.326 e. The first-order valence-electron chi connectivity index (χ1n) is 7.12. The topological polar surface area (TPSA) is 36.7 Å². The second kappa shape index (κ2) is 7.06. The van der Waals surface area contributed by atoms with Gasteiger partial charge in [-0.2, -0.15) is 0 Å². The molecule has 1 aromatic carbocycles. The fourth-order valence-electron chi connectivity index (χ4n) is 2.75. The summed E-state index contributed by atoms with van der Waals surface area (Å²) in [6.45, 7) is 12.0. The van der Waals surface area contributed by atoms with Crippen LogP contribution in [0.15, 0.2) is 24.3 Å². The quantitative estimate of drug-likeness (QED) is 0.855. The van der Waals surface area contributed by atoms with Crippen molar-refractivity contribution in [2.75, 3.05) is 31.5 Å². The number of carbonyl (C=O) groups is 1. The van der Waals surface area contributed by atoms with Gasteiger partial charge < -0.3 is 10.2 Å². The lowest BCUT2D eigenvalue weighted by atomic mass is 9.89. The van der Waals surface area contributed by atoms with E-state index in [1.807, 2.05) is 12.1 Å². The van der Waals surface area contributed by atoms with Gasteiger partial charge in [0.25, 0.3) is 0 Å². The maximum atomic E-state index is 11.1. The van der Waals surface area contributed by atoms with E-state index in [1.54, 1.807) is 0 Å². The molecule has 1 heterocycles. The third-order valence-corrected chi connectivity index (χ3v) is 3.79. The van der Waals surface area contributed by atoms with Crippen LogP contribution in [-0.2, 0) is 4.79 Å². The Morgan fingerprint density at radius 3 is 2.85 bits per heavy atom. The Bertz CT molecular complexity index is 499. The van der Waals surface area contributed by atoms with Crippen LogP contribution < -0.4 is 5.32 Å². The minimum Gasteiger partial charge on any atom is -0.326 e. The van der Waals surface area contributed by atoms with Crippen LogP contribution in [0.2, 0.25) is 0 Å². The third-order valence-electron chi connectivity index (χ3n) is 3.79. The molecule has 0 atom stereocenters. The first kappa shape index (κ1) is 14.5. The number of benzene rings is 1. The molecule has 2 rings (SSSR count). The number of carbonyl (C=O) groups excluding carboxylic acids is 1. The molecule has 106 valence electrons. The van der Waals surface area contributed by atoms with Gasteiger partial charge in [-0.25, -0.2) is 6.57 Å². The van der Waals surface area contributed by atoms with Gasteiger partial charge >= 0.3 is 0 Å². The van der Waals surface area contributed by atoms with Crippen molar-refractivity contribution in [3.05, 3.63) is 41.2 Å². The van der Waals surface area contributed by atoms with Gasteiger partial charge in [-0.15, -0.1) is 0 Å². The van der Waals surface area contributed by atoms with Gasteiger partial charge in [-0.3, -0.25) is 9.69 Å². The fraction of sp³-hybridized carbons (Fsp3) is 0.500. The summed E-state index contributed by atoms with van der Waals surface area (Å²) in [5.74, 6) is 0.531. The van der Waals surface area contributed by atoms with Gasteiger partial charge in [-0.05, 0) is 49.5 Å². The summed E-state index contributed by atoms with van der Waals surface area (Å²) >= 11 is 0. The number of anilines is 1. The Morgan fingerprint density at radius 2 is 2.20 bits per heavy atom. The van der Waals surface area contributed by atoms with Crippen LogP contribution >= 0.6 is 0 Å². The second-order valence-corrected chi connectivity index (χ2v) is 5.30. The van der Waals surface area contributed by atoms with Crippen molar-refractivity contribution in [1.29, 1.82) is 0 Å². The molecular formula is C16H21N3O. The first-order chi connectivity index (χ1) is 9.69. The van der Waals surface area contributed by atoms with Crippen LogP contribution in [0.25, 0.3) is 4.85 Å². The third kappa shape index (κ3) is 4.07. The minimum atomic E-state index is -0.0314. The molecule has 4 nitrogen and oxygen atoms in total. The molecule has 1 aliphatic heterocycles. The molecule has 20 heavy (non-hydrogen) atoms. The van der Waals surface area contributed by atoms with E-state index in [0.717, 1.165) is 38.2 Å². The van der Waals surface area contributed by atoms with Crippen molar-refractivity contribution in [3.8, 4) is 0 Å². The van der Waals surface area contributed by atoms with Crippen molar-refractivity contribution < 1.29 is 4.79 Å². The Morgan fingerprint density at radius 1 is 1.45 bits per heavy atom. The number of hydrogen-bond donors (Lipinski definition) is 1. The number of nitrogens with zero attached hydrogens (tertiary/aromatic N) is 2. The van der Waals surface area contributed by atoms with Gasteiger partial charge in [0.05, 0.1) is 6.54 Å². The summed E-state index contributed by atoms with van der Waals surface area (Å²) in [6, 6.07) is 8.16. The van der Waals surface area contributed by atoms with Gasteiger partial charge in [0.2, 0.25) is 12.5 Å². The fourth-order valence-corrected chi connectivity index (χ4v) is 2.75. The summed E-state index contributed by atoms with van der Waals surface area (Å²) in [5, 5.41) is 2.84. The molecule has 1 aromatic rings. The Labute approximate surface area is 120 Å². The summed E-state index contributed by atoms with van der Waals surface area (Å²) in [6.07, 6.45) is 2.25. The van der Waals surface area contributed by atoms with E-state index >= 15 is 0 Å². The number of piperidine rings is 1. The van der Waals surface area contributed by atoms with E-state index in [-0.39, 0.29) is 5.91 Å². The molecule has 0 aromatic heterocycles. The van der Waals surface area contributed by atoms with Crippen LogP contribution in [-0.4, -0.2) is 37.0 Å². The number of nitrogens with one attached hydrogen (secondary N) is 1. The lowest BCUT2D eigenvalue weighted by Crippen LogP contribution is -2.34. The molecule has 1 saturated heterocycles. The lowest BCUT2D eigenvalue weighted by Gasteiger charge is -2.31. The van der Waals surface area contributed by atoms with E-state index < -0.39 is 0 Å². The summed E-state index contributed by atoms with van der Waals surface area (Å²) < 4.78 is 0. The van der Waals surface area contributed by atoms with Crippen LogP contribution in [0.5, 0.6) is 0 Å². The van der Waals surface area contributed by atoms with E-state index in [9.17, 15) is 4.79 Å².